The largest absolute Gasteiger partial charge is 0.501 e. The highest BCUT2D eigenvalue weighted by atomic mass is 32.2. The zero-order chi connectivity index (χ0) is 22.9. The minimum atomic E-state index is -5.35. The van der Waals surface area contributed by atoms with Crippen molar-refractivity contribution < 1.29 is 31.2 Å². The van der Waals surface area contributed by atoms with Crippen molar-refractivity contribution in [1.29, 1.82) is 0 Å². The Labute approximate surface area is 183 Å². The molecule has 1 saturated carbocycles. The van der Waals surface area contributed by atoms with Gasteiger partial charge in [-0.05, 0) is 49.3 Å². The molecule has 32 heavy (non-hydrogen) atoms. The lowest BCUT2D eigenvalue weighted by atomic mass is 9.56. The van der Waals surface area contributed by atoms with Gasteiger partial charge in [0, 0.05) is 38.0 Å². The molecule has 0 unspecified atom stereocenters. The van der Waals surface area contributed by atoms with Crippen molar-refractivity contribution in [3.05, 3.63) is 29.8 Å². The molecule has 3 aliphatic heterocycles. The van der Waals surface area contributed by atoms with Gasteiger partial charge in [0.15, 0.2) is 0 Å². The summed E-state index contributed by atoms with van der Waals surface area (Å²) in [6.45, 7) is 2.45. The molecule has 5 rings (SSSR count). The first kappa shape index (κ1) is 21.5. The molecule has 0 atom stereocenters. The average molecular weight is 472 g/mol. The summed E-state index contributed by atoms with van der Waals surface area (Å²) in [6.07, 6.45) is 3.54. The molecular formula is C21H24F3N3O4S. The molecule has 11 heteroatoms. The van der Waals surface area contributed by atoms with Crippen LogP contribution in [0.25, 0.3) is 0 Å². The molecule has 7 nitrogen and oxygen atoms in total. The molecule has 2 spiro atoms. The average Bonchev–Trinajstić information content (AvgIpc) is 3.02. The first-order chi connectivity index (χ1) is 14.9. The van der Waals surface area contributed by atoms with Gasteiger partial charge in [-0.3, -0.25) is 4.79 Å². The Bertz CT molecular complexity index is 1070. The van der Waals surface area contributed by atoms with E-state index in [4.69, 9.17) is 0 Å². The van der Waals surface area contributed by atoms with Crippen molar-refractivity contribution >= 4 is 21.8 Å². The topological polar surface area (TPSA) is 86.8 Å². The summed E-state index contributed by atoms with van der Waals surface area (Å²) >= 11 is 0. The number of carbonyl (C=O) groups is 2. The van der Waals surface area contributed by atoms with Gasteiger partial charge in [0.25, 0.3) is 9.84 Å². The minimum absolute atomic E-state index is 0.00379. The van der Waals surface area contributed by atoms with Crippen molar-refractivity contribution in [2.24, 2.45) is 11.3 Å². The summed E-state index contributed by atoms with van der Waals surface area (Å²) in [4.78, 5) is 26.9. The van der Waals surface area contributed by atoms with Crippen LogP contribution in [0.4, 0.5) is 18.0 Å². The molecule has 4 fully saturated rings. The van der Waals surface area contributed by atoms with E-state index in [0.29, 0.717) is 44.6 Å². The third-order valence-electron chi connectivity index (χ3n) is 7.30. The van der Waals surface area contributed by atoms with Crippen molar-refractivity contribution in [2.75, 3.05) is 26.2 Å². The molecule has 4 aliphatic rings. The maximum absolute atomic E-state index is 12.8. The number of sulfone groups is 1. The number of halogens is 3. The highest BCUT2D eigenvalue weighted by Crippen LogP contribution is 2.53. The Morgan fingerprint density at radius 2 is 1.78 bits per heavy atom. The van der Waals surface area contributed by atoms with E-state index < -0.39 is 20.2 Å². The molecule has 3 amide bonds. The zero-order valence-corrected chi connectivity index (χ0v) is 18.1. The molecule has 1 aromatic carbocycles. The normalized spacial score (nSPS) is 24.2. The second kappa shape index (κ2) is 6.85. The molecular weight excluding hydrogens is 447 g/mol. The molecule has 0 bridgehead atoms. The van der Waals surface area contributed by atoms with Crippen LogP contribution in [0.3, 0.4) is 0 Å². The summed E-state index contributed by atoms with van der Waals surface area (Å²) in [5, 5.41) is 2.96. The summed E-state index contributed by atoms with van der Waals surface area (Å²) in [6, 6.07) is 5.08. The van der Waals surface area contributed by atoms with Crippen LogP contribution < -0.4 is 5.32 Å². The number of amides is 3. The van der Waals surface area contributed by atoms with Crippen molar-refractivity contribution in [3.8, 4) is 0 Å². The standard InChI is InChI=1S/C21H24F3N3O4S/c22-21(23,24)32(30,31)16-3-1-2-14(7-16)6-15-8-19(9-15)10-26(11-19)18(29)27-12-20(13-27)5-4-17(28)25-20/h1-3,7,15H,4-6,8-13H2,(H,25,28). The van der Waals surface area contributed by atoms with Gasteiger partial charge in [0.2, 0.25) is 5.91 Å². The quantitative estimate of drug-likeness (QED) is 0.733. The number of nitrogens with zero attached hydrogens (tertiary/aromatic N) is 2. The van der Waals surface area contributed by atoms with Crippen LogP contribution in [0.15, 0.2) is 29.2 Å². The van der Waals surface area contributed by atoms with E-state index in [1.54, 1.807) is 11.0 Å². The first-order valence-electron chi connectivity index (χ1n) is 10.7. The van der Waals surface area contributed by atoms with Gasteiger partial charge >= 0.3 is 11.5 Å². The Balaban J connectivity index is 1.11. The van der Waals surface area contributed by atoms with Crippen molar-refractivity contribution in [1.82, 2.24) is 15.1 Å². The van der Waals surface area contributed by atoms with E-state index in [1.807, 2.05) is 4.90 Å². The highest BCUT2D eigenvalue weighted by molar-refractivity contribution is 7.92. The molecule has 1 aromatic rings. The lowest BCUT2D eigenvalue weighted by Crippen LogP contribution is -2.73. The molecule has 3 saturated heterocycles. The monoisotopic (exact) mass is 471 g/mol. The Hall–Kier alpha value is -2.30. The van der Waals surface area contributed by atoms with E-state index in [9.17, 15) is 31.2 Å². The van der Waals surface area contributed by atoms with Gasteiger partial charge in [0.1, 0.15) is 0 Å². The molecule has 1 N–H and O–H groups in total. The second-order valence-electron chi connectivity index (χ2n) is 9.90. The third kappa shape index (κ3) is 3.45. The molecule has 0 aromatic heterocycles. The maximum atomic E-state index is 12.8. The second-order valence-corrected chi connectivity index (χ2v) is 11.8. The number of carbonyl (C=O) groups excluding carboxylic acids is 2. The number of urea groups is 1. The van der Waals surface area contributed by atoms with Gasteiger partial charge in [-0.15, -0.1) is 0 Å². The number of likely N-dealkylation sites (tertiary alicyclic amines) is 2. The van der Waals surface area contributed by atoms with Crippen LogP contribution in [0, 0.1) is 11.3 Å². The first-order valence-corrected chi connectivity index (χ1v) is 12.1. The van der Waals surface area contributed by atoms with Gasteiger partial charge in [-0.1, -0.05) is 12.1 Å². The Morgan fingerprint density at radius 1 is 1.12 bits per heavy atom. The number of nitrogens with one attached hydrogen (secondary N) is 1. The predicted molar refractivity (Wildman–Crippen MR) is 107 cm³/mol. The minimum Gasteiger partial charge on any atom is -0.347 e. The predicted octanol–water partition coefficient (Wildman–Crippen LogP) is 2.32. The lowest BCUT2D eigenvalue weighted by molar-refractivity contribution is -0.120. The SMILES string of the molecule is O=C1CCC2(CN(C(=O)N3CC4(CC(Cc5cccc(S(=O)(=O)C(F)(F)F)c5)C4)C3)C2)N1. The van der Waals surface area contributed by atoms with Gasteiger partial charge < -0.3 is 15.1 Å². The fourth-order valence-corrected chi connectivity index (χ4v) is 6.63. The van der Waals surface area contributed by atoms with E-state index in [0.717, 1.165) is 31.4 Å². The smallest absolute Gasteiger partial charge is 0.347 e. The van der Waals surface area contributed by atoms with Crippen LogP contribution in [0.5, 0.6) is 0 Å². The fourth-order valence-electron chi connectivity index (χ4n) is 5.80. The molecule has 1 aliphatic carbocycles. The fraction of sp³-hybridized carbons (Fsp3) is 0.619. The molecule has 0 radical (unpaired) electrons. The lowest BCUT2D eigenvalue weighted by Gasteiger charge is -2.61. The summed E-state index contributed by atoms with van der Waals surface area (Å²) < 4.78 is 61.6. The van der Waals surface area contributed by atoms with Crippen molar-refractivity contribution in [3.63, 3.8) is 0 Å². The Morgan fingerprint density at radius 3 is 2.38 bits per heavy atom. The number of hydrogen-bond acceptors (Lipinski definition) is 4. The van der Waals surface area contributed by atoms with E-state index in [-0.39, 0.29) is 28.8 Å². The third-order valence-corrected chi connectivity index (χ3v) is 8.78. The number of benzene rings is 1. The summed E-state index contributed by atoms with van der Waals surface area (Å²) in [5.41, 5.74) is -4.90. The van der Waals surface area contributed by atoms with E-state index in [2.05, 4.69) is 5.32 Å². The van der Waals surface area contributed by atoms with Crippen LogP contribution in [-0.4, -0.2) is 67.4 Å². The Kier molecular flexibility index (Phi) is 4.61. The summed E-state index contributed by atoms with van der Waals surface area (Å²) in [7, 11) is -5.35. The van der Waals surface area contributed by atoms with Gasteiger partial charge in [-0.25, -0.2) is 13.2 Å². The van der Waals surface area contributed by atoms with Crippen molar-refractivity contribution in [2.45, 2.75) is 48.0 Å². The van der Waals surface area contributed by atoms with E-state index in [1.165, 1.54) is 6.07 Å². The molecule has 3 heterocycles. The highest BCUT2D eigenvalue weighted by Gasteiger charge is 2.56. The number of hydrogen-bond donors (Lipinski definition) is 1. The van der Waals surface area contributed by atoms with Crippen LogP contribution in [-0.2, 0) is 21.1 Å². The van der Waals surface area contributed by atoms with Crippen LogP contribution >= 0.6 is 0 Å². The van der Waals surface area contributed by atoms with Crippen LogP contribution in [0.1, 0.15) is 31.2 Å². The van der Waals surface area contributed by atoms with E-state index >= 15 is 0 Å². The summed E-state index contributed by atoms with van der Waals surface area (Å²) in [5.74, 6) is 0.305. The molecule has 174 valence electrons. The maximum Gasteiger partial charge on any atom is 0.501 e. The number of alkyl halides is 3. The zero-order valence-electron chi connectivity index (χ0n) is 17.3. The number of rotatable bonds is 3. The van der Waals surface area contributed by atoms with Gasteiger partial charge in [0.05, 0.1) is 10.4 Å². The van der Waals surface area contributed by atoms with Gasteiger partial charge in [-0.2, -0.15) is 13.2 Å². The van der Waals surface area contributed by atoms with Crippen LogP contribution in [0.2, 0.25) is 0 Å².